The summed E-state index contributed by atoms with van der Waals surface area (Å²) in [5.41, 5.74) is 9.59. The molecule has 6 nitrogen and oxygen atoms in total. The van der Waals surface area contributed by atoms with Gasteiger partial charge in [0.25, 0.3) is 0 Å². The zero-order valence-corrected chi connectivity index (χ0v) is 8.23. The predicted molar refractivity (Wildman–Crippen MR) is 53.6 cm³/mol. The average molecular weight is 197 g/mol. The summed E-state index contributed by atoms with van der Waals surface area (Å²) in [6, 6.07) is 0. The molecule has 0 atom stereocenters. The van der Waals surface area contributed by atoms with E-state index in [-0.39, 0.29) is 0 Å². The molecule has 0 aromatic carbocycles. The maximum Gasteiger partial charge on any atom is 0.185 e. The lowest BCUT2D eigenvalue weighted by Gasteiger charge is -2.26. The molecule has 1 saturated heterocycles. The van der Waals surface area contributed by atoms with E-state index in [4.69, 9.17) is 10.5 Å². The average Bonchev–Trinajstić information content (AvgIpc) is 2.47. The summed E-state index contributed by atoms with van der Waals surface area (Å²) in [4.78, 5) is 0. The highest BCUT2D eigenvalue weighted by molar-refractivity contribution is 5.59. The van der Waals surface area contributed by atoms with Crippen LogP contribution in [0.5, 0.6) is 0 Å². The Balaban J connectivity index is 1.98. The highest BCUT2D eigenvalue weighted by atomic mass is 16.5. The number of hydrazine groups is 1. The van der Waals surface area contributed by atoms with Gasteiger partial charge < -0.3 is 10.5 Å². The minimum absolute atomic E-state index is 0.666. The third kappa shape index (κ3) is 1.97. The molecule has 1 aromatic heterocycles. The number of hydrogen-bond donors (Lipinski definition) is 2. The van der Waals surface area contributed by atoms with Gasteiger partial charge in [0.2, 0.25) is 0 Å². The molecule has 1 fully saturated rings. The molecule has 0 bridgehead atoms. The van der Waals surface area contributed by atoms with E-state index < -0.39 is 0 Å². The second-order valence-electron chi connectivity index (χ2n) is 3.32. The molecule has 0 amide bonds. The van der Waals surface area contributed by atoms with Crippen molar-refractivity contribution < 1.29 is 4.74 Å². The molecule has 0 spiro atoms. The van der Waals surface area contributed by atoms with Gasteiger partial charge in [0, 0.05) is 26.3 Å². The standard InChI is InChI=1S/C8H15N5O/c1-12-6-7(9)8(10-12)11-13-2-4-14-5-3-13/h6H,2-5,9H2,1H3,(H,10,11). The Labute approximate surface area is 82.6 Å². The minimum atomic E-state index is 0.666. The van der Waals surface area contributed by atoms with Crippen molar-refractivity contribution in [1.29, 1.82) is 0 Å². The molecule has 0 aliphatic carbocycles. The van der Waals surface area contributed by atoms with E-state index in [2.05, 4.69) is 15.5 Å². The maximum atomic E-state index is 5.75. The summed E-state index contributed by atoms with van der Waals surface area (Å²) in [6.45, 7) is 3.21. The minimum Gasteiger partial charge on any atom is -0.394 e. The fraction of sp³-hybridized carbons (Fsp3) is 0.625. The molecule has 2 rings (SSSR count). The van der Waals surface area contributed by atoms with Crippen molar-refractivity contribution in [3.05, 3.63) is 6.20 Å². The molecule has 0 radical (unpaired) electrons. The molecule has 78 valence electrons. The number of nitrogen functional groups attached to an aromatic ring is 1. The van der Waals surface area contributed by atoms with Crippen molar-refractivity contribution in [2.24, 2.45) is 7.05 Å². The van der Waals surface area contributed by atoms with Crippen LogP contribution in [0.15, 0.2) is 6.20 Å². The second kappa shape index (κ2) is 3.85. The number of hydrogen-bond acceptors (Lipinski definition) is 5. The lowest BCUT2D eigenvalue weighted by Crippen LogP contribution is -2.40. The third-order valence-electron chi connectivity index (χ3n) is 2.13. The highest BCUT2D eigenvalue weighted by Gasteiger charge is 2.12. The van der Waals surface area contributed by atoms with E-state index in [1.54, 1.807) is 10.9 Å². The first kappa shape index (κ1) is 9.29. The van der Waals surface area contributed by atoms with Gasteiger partial charge in [-0.1, -0.05) is 0 Å². The molecule has 1 aliphatic rings. The smallest absolute Gasteiger partial charge is 0.185 e. The van der Waals surface area contributed by atoms with Crippen molar-refractivity contribution >= 4 is 11.5 Å². The van der Waals surface area contributed by atoms with Crippen LogP contribution in [0.2, 0.25) is 0 Å². The van der Waals surface area contributed by atoms with Crippen molar-refractivity contribution in [2.45, 2.75) is 0 Å². The lowest BCUT2D eigenvalue weighted by atomic mass is 10.5. The van der Waals surface area contributed by atoms with Gasteiger partial charge in [-0.3, -0.25) is 10.1 Å². The molecule has 0 unspecified atom stereocenters. The van der Waals surface area contributed by atoms with Gasteiger partial charge in [-0.2, -0.15) is 5.10 Å². The Morgan fingerprint density at radius 3 is 2.79 bits per heavy atom. The van der Waals surface area contributed by atoms with Gasteiger partial charge >= 0.3 is 0 Å². The SMILES string of the molecule is Cn1cc(N)c(NN2CCOCC2)n1. The molecule has 1 aromatic rings. The van der Waals surface area contributed by atoms with Gasteiger partial charge in [-0.25, -0.2) is 5.01 Å². The van der Waals surface area contributed by atoms with Gasteiger partial charge in [0.15, 0.2) is 5.82 Å². The first-order chi connectivity index (χ1) is 6.75. The summed E-state index contributed by atoms with van der Waals surface area (Å²) >= 11 is 0. The second-order valence-corrected chi connectivity index (χ2v) is 3.32. The number of nitrogens with two attached hydrogens (primary N) is 1. The first-order valence-electron chi connectivity index (χ1n) is 4.64. The van der Waals surface area contributed by atoms with Crippen LogP contribution in [-0.2, 0) is 11.8 Å². The van der Waals surface area contributed by atoms with Crippen LogP contribution in [-0.4, -0.2) is 41.1 Å². The monoisotopic (exact) mass is 197 g/mol. The molecular formula is C8H15N5O. The van der Waals surface area contributed by atoms with Crippen LogP contribution < -0.4 is 11.2 Å². The molecule has 1 aliphatic heterocycles. The number of ether oxygens (including phenoxy) is 1. The van der Waals surface area contributed by atoms with Gasteiger partial charge in [0.05, 0.1) is 18.9 Å². The van der Waals surface area contributed by atoms with Crippen molar-refractivity contribution in [1.82, 2.24) is 14.8 Å². The number of rotatable bonds is 2. The summed E-state index contributed by atoms with van der Waals surface area (Å²) in [5.74, 6) is 0.717. The Morgan fingerprint density at radius 1 is 1.50 bits per heavy atom. The highest BCUT2D eigenvalue weighted by Crippen LogP contribution is 2.15. The Morgan fingerprint density at radius 2 is 2.21 bits per heavy atom. The molecule has 3 N–H and O–H groups in total. The number of anilines is 2. The summed E-state index contributed by atoms with van der Waals surface area (Å²) < 4.78 is 6.93. The molecule has 2 heterocycles. The number of aryl methyl sites for hydroxylation is 1. The zero-order chi connectivity index (χ0) is 9.97. The number of nitrogens with zero attached hydrogens (tertiary/aromatic N) is 3. The zero-order valence-electron chi connectivity index (χ0n) is 8.23. The number of aromatic nitrogens is 2. The third-order valence-corrected chi connectivity index (χ3v) is 2.13. The van der Waals surface area contributed by atoms with Crippen molar-refractivity contribution in [3.63, 3.8) is 0 Å². The van der Waals surface area contributed by atoms with Gasteiger partial charge in [0.1, 0.15) is 0 Å². The topological polar surface area (TPSA) is 68.3 Å². The molecule has 14 heavy (non-hydrogen) atoms. The summed E-state index contributed by atoms with van der Waals surface area (Å²) in [6.07, 6.45) is 1.78. The lowest BCUT2D eigenvalue weighted by molar-refractivity contribution is 0.0495. The molecule has 0 saturated carbocycles. The predicted octanol–water partition coefficient (Wildman–Crippen LogP) is -0.339. The fourth-order valence-corrected chi connectivity index (χ4v) is 1.42. The van der Waals surface area contributed by atoms with E-state index in [0.717, 1.165) is 32.1 Å². The van der Waals surface area contributed by atoms with Crippen molar-refractivity contribution in [3.8, 4) is 0 Å². The van der Waals surface area contributed by atoms with E-state index in [1.807, 2.05) is 7.05 Å². The summed E-state index contributed by atoms with van der Waals surface area (Å²) in [5, 5.41) is 6.26. The Kier molecular flexibility index (Phi) is 2.55. The quantitative estimate of drug-likeness (QED) is 0.679. The molecular weight excluding hydrogens is 182 g/mol. The van der Waals surface area contributed by atoms with Crippen LogP contribution in [0.1, 0.15) is 0 Å². The van der Waals surface area contributed by atoms with E-state index in [1.165, 1.54) is 0 Å². The van der Waals surface area contributed by atoms with Gasteiger partial charge in [-0.15, -0.1) is 0 Å². The van der Waals surface area contributed by atoms with Crippen LogP contribution in [0.25, 0.3) is 0 Å². The van der Waals surface area contributed by atoms with E-state index in [0.29, 0.717) is 5.69 Å². The summed E-state index contributed by atoms with van der Waals surface area (Å²) in [7, 11) is 1.85. The van der Waals surface area contributed by atoms with Crippen LogP contribution in [0, 0.1) is 0 Å². The van der Waals surface area contributed by atoms with Crippen LogP contribution in [0.3, 0.4) is 0 Å². The van der Waals surface area contributed by atoms with Crippen LogP contribution >= 0.6 is 0 Å². The first-order valence-corrected chi connectivity index (χ1v) is 4.64. The number of morpholine rings is 1. The Hall–Kier alpha value is -1.27. The van der Waals surface area contributed by atoms with Gasteiger partial charge in [-0.05, 0) is 0 Å². The fourth-order valence-electron chi connectivity index (χ4n) is 1.42. The van der Waals surface area contributed by atoms with E-state index in [9.17, 15) is 0 Å². The van der Waals surface area contributed by atoms with Crippen molar-refractivity contribution in [2.75, 3.05) is 37.5 Å². The normalized spacial score (nSPS) is 18.4. The molecule has 6 heteroatoms. The largest absolute Gasteiger partial charge is 0.394 e. The maximum absolute atomic E-state index is 5.75. The number of nitrogens with one attached hydrogen (secondary N) is 1. The Bertz CT molecular complexity index is 305. The van der Waals surface area contributed by atoms with Crippen LogP contribution in [0.4, 0.5) is 11.5 Å². The van der Waals surface area contributed by atoms with E-state index >= 15 is 0 Å².